The van der Waals surface area contributed by atoms with E-state index in [0.29, 0.717) is 12.8 Å². The number of carbonyl (C=O) groups is 1. The van der Waals surface area contributed by atoms with Gasteiger partial charge in [-0.2, -0.15) is 0 Å². The summed E-state index contributed by atoms with van der Waals surface area (Å²) < 4.78 is 0. The first-order chi connectivity index (χ1) is 8.31. The second kappa shape index (κ2) is 5.14. The molecule has 1 aliphatic rings. The van der Waals surface area contributed by atoms with Crippen LogP contribution in [0.15, 0.2) is 5.16 Å². The molecule has 0 bridgehead atoms. The normalized spacial score (nSPS) is 19.9. The molecule has 1 rings (SSSR count). The Bertz CT molecular complexity index is 346. The van der Waals surface area contributed by atoms with Crippen molar-refractivity contribution in [2.45, 2.75) is 45.1 Å². The molecule has 0 heterocycles. The first kappa shape index (κ1) is 14.8. The van der Waals surface area contributed by atoms with Gasteiger partial charge in [0.2, 0.25) is 5.91 Å². The minimum atomic E-state index is -0.907. The number of amides is 1. The van der Waals surface area contributed by atoms with Gasteiger partial charge >= 0.3 is 0 Å². The Morgan fingerprint density at radius 2 is 1.94 bits per heavy atom. The van der Waals surface area contributed by atoms with E-state index in [1.54, 1.807) is 20.9 Å². The number of nitrogens with zero attached hydrogens (tertiary/aromatic N) is 2. The Balaban J connectivity index is 3.05. The van der Waals surface area contributed by atoms with Crippen molar-refractivity contribution in [2.24, 2.45) is 16.3 Å². The van der Waals surface area contributed by atoms with E-state index in [2.05, 4.69) is 5.16 Å². The number of hydrogen-bond donors (Lipinski definition) is 3. The van der Waals surface area contributed by atoms with Crippen molar-refractivity contribution in [1.82, 2.24) is 4.90 Å². The van der Waals surface area contributed by atoms with Gasteiger partial charge in [0.15, 0.2) is 5.84 Å². The number of nitrogens with two attached hydrogens (primary N) is 1. The number of amidine groups is 1. The third kappa shape index (κ3) is 2.29. The van der Waals surface area contributed by atoms with Crippen molar-refractivity contribution in [3.8, 4) is 0 Å². The molecule has 1 saturated carbocycles. The van der Waals surface area contributed by atoms with Crippen LogP contribution in [0.1, 0.15) is 39.5 Å². The van der Waals surface area contributed by atoms with Gasteiger partial charge in [-0.05, 0) is 26.7 Å². The quantitative estimate of drug-likeness (QED) is 0.296. The molecule has 0 unspecified atom stereocenters. The third-order valence-corrected chi connectivity index (χ3v) is 4.06. The summed E-state index contributed by atoms with van der Waals surface area (Å²) in [6.45, 7) is 3.42. The van der Waals surface area contributed by atoms with Crippen LogP contribution in [0.2, 0.25) is 0 Å². The molecule has 4 N–H and O–H groups in total. The van der Waals surface area contributed by atoms with Crippen molar-refractivity contribution in [2.75, 3.05) is 13.7 Å². The van der Waals surface area contributed by atoms with Gasteiger partial charge in [0.1, 0.15) is 5.41 Å². The summed E-state index contributed by atoms with van der Waals surface area (Å²) >= 11 is 0. The molecule has 0 aromatic carbocycles. The van der Waals surface area contributed by atoms with Crippen LogP contribution in [0.25, 0.3) is 0 Å². The molecule has 0 aliphatic heterocycles. The standard InChI is InChI=1S/C12H23N3O3/c1-11(2,8-16)15(3)10(17)12(9(13)14-18)6-4-5-7-12/h16,18H,4-8H2,1-3H3,(H2,13,14). The number of aliphatic hydroxyl groups is 1. The number of oxime groups is 1. The Morgan fingerprint density at radius 3 is 2.33 bits per heavy atom. The van der Waals surface area contributed by atoms with E-state index in [9.17, 15) is 9.90 Å². The molecule has 0 saturated heterocycles. The highest BCUT2D eigenvalue weighted by Gasteiger charge is 2.48. The van der Waals surface area contributed by atoms with Crippen LogP contribution >= 0.6 is 0 Å². The van der Waals surface area contributed by atoms with Crippen molar-refractivity contribution in [3.63, 3.8) is 0 Å². The van der Waals surface area contributed by atoms with Crippen LogP contribution in [-0.2, 0) is 4.79 Å². The SMILES string of the molecule is CN(C(=O)C1(C(N)=NO)CCCC1)C(C)(C)CO. The number of rotatable bonds is 4. The van der Waals surface area contributed by atoms with Gasteiger partial charge < -0.3 is 20.9 Å². The lowest BCUT2D eigenvalue weighted by molar-refractivity contribution is -0.143. The fraction of sp³-hybridized carbons (Fsp3) is 0.833. The molecule has 1 amide bonds. The van der Waals surface area contributed by atoms with E-state index in [0.717, 1.165) is 12.8 Å². The summed E-state index contributed by atoms with van der Waals surface area (Å²) in [6, 6.07) is 0. The van der Waals surface area contributed by atoms with E-state index in [-0.39, 0.29) is 18.3 Å². The summed E-state index contributed by atoms with van der Waals surface area (Å²) in [4.78, 5) is 14.1. The fourth-order valence-electron chi connectivity index (χ4n) is 2.36. The lowest BCUT2D eigenvalue weighted by Gasteiger charge is -2.39. The summed E-state index contributed by atoms with van der Waals surface area (Å²) in [5.41, 5.74) is 4.16. The van der Waals surface area contributed by atoms with E-state index in [1.807, 2.05) is 0 Å². The minimum Gasteiger partial charge on any atom is -0.409 e. The molecule has 1 aliphatic carbocycles. The summed E-state index contributed by atoms with van der Waals surface area (Å²) in [5.74, 6) is -0.208. The average Bonchev–Trinajstić information content (AvgIpc) is 2.86. The maximum atomic E-state index is 12.6. The Hall–Kier alpha value is -1.30. The number of carbonyl (C=O) groups excluding carboxylic acids is 1. The van der Waals surface area contributed by atoms with Crippen LogP contribution in [0.3, 0.4) is 0 Å². The molecule has 0 atom stereocenters. The number of hydrogen-bond acceptors (Lipinski definition) is 4. The summed E-state index contributed by atoms with van der Waals surface area (Å²) in [7, 11) is 1.64. The van der Waals surface area contributed by atoms with Gasteiger partial charge in [-0.1, -0.05) is 18.0 Å². The molecule has 0 aromatic rings. The first-order valence-corrected chi connectivity index (χ1v) is 6.19. The monoisotopic (exact) mass is 257 g/mol. The average molecular weight is 257 g/mol. The van der Waals surface area contributed by atoms with E-state index < -0.39 is 11.0 Å². The third-order valence-electron chi connectivity index (χ3n) is 4.06. The largest absolute Gasteiger partial charge is 0.409 e. The Morgan fingerprint density at radius 1 is 1.44 bits per heavy atom. The highest BCUT2D eigenvalue weighted by Crippen LogP contribution is 2.40. The van der Waals surface area contributed by atoms with Crippen LogP contribution in [0, 0.1) is 5.41 Å². The molecule has 0 spiro atoms. The van der Waals surface area contributed by atoms with Gasteiger partial charge in [-0.25, -0.2) is 0 Å². The smallest absolute Gasteiger partial charge is 0.236 e. The van der Waals surface area contributed by atoms with Gasteiger partial charge in [-0.3, -0.25) is 4.79 Å². The maximum absolute atomic E-state index is 12.6. The molecule has 104 valence electrons. The highest BCUT2D eigenvalue weighted by molar-refractivity contribution is 6.07. The van der Waals surface area contributed by atoms with E-state index >= 15 is 0 Å². The second-order valence-electron chi connectivity index (χ2n) is 5.61. The molecule has 0 aromatic heterocycles. The maximum Gasteiger partial charge on any atom is 0.236 e. The summed E-state index contributed by atoms with van der Waals surface area (Å²) in [5, 5.41) is 21.3. The Kier molecular flexibility index (Phi) is 4.21. The molecular formula is C12H23N3O3. The zero-order valence-electron chi connectivity index (χ0n) is 11.3. The predicted molar refractivity (Wildman–Crippen MR) is 68.2 cm³/mol. The van der Waals surface area contributed by atoms with Crippen molar-refractivity contribution in [1.29, 1.82) is 0 Å². The van der Waals surface area contributed by atoms with Crippen molar-refractivity contribution < 1.29 is 15.1 Å². The van der Waals surface area contributed by atoms with E-state index in [1.165, 1.54) is 4.90 Å². The molecule has 6 heteroatoms. The van der Waals surface area contributed by atoms with Gasteiger partial charge in [0, 0.05) is 7.05 Å². The molecule has 6 nitrogen and oxygen atoms in total. The topological polar surface area (TPSA) is 99.2 Å². The fourth-order valence-corrected chi connectivity index (χ4v) is 2.36. The highest BCUT2D eigenvalue weighted by atomic mass is 16.4. The summed E-state index contributed by atoms with van der Waals surface area (Å²) in [6.07, 6.45) is 2.95. The van der Waals surface area contributed by atoms with Crippen LogP contribution in [0.5, 0.6) is 0 Å². The zero-order chi connectivity index (χ0) is 14.0. The van der Waals surface area contributed by atoms with Gasteiger partial charge in [0.25, 0.3) is 0 Å². The minimum absolute atomic E-state index is 0.0226. The molecule has 1 fully saturated rings. The number of likely N-dealkylation sites (N-methyl/N-ethyl adjacent to an activating group) is 1. The van der Waals surface area contributed by atoms with Crippen LogP contribution < -0.4 is 5.73 Å². The lowest BCUT2D eigenvalue weighted by Crippen LogP contribution is -2.56. The number of aliphatic hydroxyl groups excluding tert-OH is 1. The van der Waals surface area contributed by atoms with Crippen molar-refractivity contribution in [3.05, 3.63) is 0 Å². The Labute approximate surface area is 107 Å². The zero-order valence-corrected chi connectivity index (χ0v) is 11.3. The first-order valence-electron chi connectivity index (χ1n) is 6.19. The van der Waals surface area contributed by atoms with E-state index in [4.69, 9.17) is 10.9 Å². The molecule has 18 heavy (non-hydrogen) atoms. The predicted octanol–water partition coefficient (Wildman–Crippen LogP) is 0.522. The van der Waals surface area contributed by atoms with Gasteiger partial charge in [-0.15, -0.1) is 0 Å². The lowest BCUT2D eigenvalue weighted by atomic mass is 9.82. The van der Waals surface area contributed by atoms with Gasteiger partial charge in [0.05, 0.1) is 12.1 Å². The molecular weight excluding hydrogens is 234 g/mol. The second-order valence-corrected chi connectivity index (χ2v) is 5.61. The van der Waals surface area contributed by atoms with Crippen molar-refractivity contribution >= 4 is 11.7 Å². The van der Waals surface area contributed by atoms with Crippen LogP contribution in [0.4, 0.5) is 0 Å². The van der Waals surface area contributed by atoms with Crippen LogP contribution in [-0.4, -0.2) is 46.1 Å². The molecule has 0 radical (unpaired) electrons.